The molecule has 1 aliphatic rings. The second-order valence-electron chi connectivity index (χ2n) is 5.51. The van der Waals surface area contributed by atoms with Gasteiger partial charge in [-0.05, 0) is 35.0 Å². The average Bonchev–Trinajstić information content (AvgIpc) is 2.78. The van der Waals surface area contributed by atoms with Gasteiger partial charge in [-0.2, -0.15) is 0 Å². The zero-order valence-electron chi connectivity index (χ0n) is 11.3. The van der Waals surface area contributed by atoms with Gasteiger partial charge in [0.15, 0.2) is 0 Å². The van der Waals surface area contributed by atoms with Crippen molar-refractivity contribution in [3.8, 4) is 0 Å². The number of rotatable bonds is 3. The summed E-state index contributed by atoms with van der Waals surface area (Å²) in [6, 6.07) is 8.81. The summed E-state index contributed by atoms with van der Waals surface area (Å²) >= 11 is 0. The molecule has 0 aromatic heterocycles. The lowest BCUT2D eigenvalue weighted by Gasteiger charge is -2.15. The van der Waals surface area contributed by atoms with Crippen molar-refractivity contribution in [3.05, 3.63) is 53.1 Å². The number of hydrogen-bond acceptors (Lipinski definition) is 0. The lowest BCUT2D eigenvalue weighted by Crippen LogP contribution is -1.97. The van der Waals surface area contributed by atoms with Crippen LogP contribution in [-0.2, 0) is 0 Å². The Hall–Kier alpha value is -1.30. The quantitative estimate of drug-likeness (QED) is 0.666. The van der Waals surface area contributed by atoms with Crippen LogP contribution in [0.3, 0.4) is 0 Å². The summed E-state index contributed by atoms with van der Waals surface area (Å²) in [6.45, 7) is 9.09. The predicted octanol–water partition coefficient (Wildman–Crippen LogP) is 5.18. The Balaban J connectivity index is 2.27. The van der Waals surface area contributed by atoms with Gasteiger partial charge in [0.1, 0.15) is 0 Å². The van der Waals surface area contributed by atoms with Crippen LogP contribution in [0.25, 0.3) is 5.57 Å². The maximum Gasteiger partial charge on any atom is -0.00554 e. The fraction of sp³-hybridized carbons (Fsp3) is 0.412. The third-order valence-electron chi connectivity index (χ3n) is 3.56. The van der Waals surface area contributed by atoms with Gasteiger partial charge in [0, 0.05) is 0 Å². The Morgan fingerprint density at radius 2 is 1.59 bits per heavy atom. The zero-order chi connectivity index (χ0) is 12.4. The van der Waals surface area contributed by atoms with E-state index in [4.69, 9.17) is 0 Å². The summed E-state index contributed by atoms with van der Waals surface area (Å²) in [7, 11) is 0. The van der Waals surface area contributed by atoms with Crippen molar-refractivity contribution in [2.24, 2.45) is 5.92 Å². The Morgan fingerprint density at radius 1 is 0.882 bits per heavy atom. The standard InChI is InChI=1S/C17H22/c1-12(2)14-9-10-15(11-14)17-8-6-5-7-16(17)13(3)4/h5-10,12-13H,11H2,1-4H3. The predicted molar refractivity (Wildman–Crippen MR) is 76.0 cm³/mol. The summed E-state index contributed by atoms with van der Waals surface area (Å²) in [5, 5.41) is 0. The van der Waals surface area contributed by atoms with E-state index in [0.717, 1.165) is 6.42 Å². The molecule has 0 spiro atoms. The van der Waals surface area contributed by atoms with Crippen LogP contribution in [0.5, 0.6) is 0 Å². The van der Waals surface area contributed by atoms with Crippen molar-refractivity contribution in [1.82, 2.24) is 0 Å². The molecule has 0 fully saturated rings. The Labute approximate surface area is 105 Å². The van der Waals surface area contributed by atoms with E-state index in [2.05, 4.69) is 64.1 Å². The number of hydrogen-bond donors (Lipinski definition) is 0. The molecule has 1 aromatic rings. The van der Waals surface area contributed by atoms with E-state index in [1.807, 2.05) is 0 Å². The largest absolute Gasteiger partial charge is 0.0632 e. The molecular weight excluding hydrogens is 204 g/mol. The lowest BCUT2D eigenvalue weighted by atomic mass is 9.90. The third kappa shape index (κ3) is 2.52. The molecule has 0 nitrogen and oxygen atoms in total. The summed E-state index contributed by atoms with van der Waals surface area (Å²) in [6.07, 6.45) is 5.73. The van der Waals surface area contributed by atoms with Gasteiger partial charge in [0.2, 0.25) is 0 Å². The first kappa shape index (κ1) is 12.2. The van der Waals surface area contributed by atoms with Crippen LogP contribution < -0.4 is 0 Å². The van der Waals surface area contributed by atoms with Gasteiger partial charge in [-0.25, -0.2) is 0 Å². The topological polar surface area (TPSA) is 0 Å². The summed E-state index contributed by atoms with van der Waals surface area (Å²) in [4.78, 5) is 0. The van der Waals surface area contributed by atoms with E-state index in [0.29, 0.717) is 11.8 Å². The second kappa shape index (κ2) is 4.91. The maximum atomic E-state index is 2.30. The number of allylic oxidation sites excluding steroid dienone is 4. The van der Waals surface area contributed by atoms with E-state index in [9.17, 15) is 0 Å². The normalized spacial score (nSPS) is 15.4. The molecule has 90 valence electrons. The summed E-state index contributed by atoms with van der Waals surface area (Å²) in [5.74, 6) is 1.25. The highest BCUT2D eigenvalue weighted by molar-refractivity contribution is 5.74. The Morgan fingerprint density at radius 3 is 2.18 bits per heavy atom. The molecule has 0 aliphatic heterocycles. The Kier molecular flexibility index (Phi) is 3.51. The van der Waals surface area contributed by atoms with Crippen LogP contribution in [0, 0.1) is 5.92 Å². The zero-order valence-corrected chi connectivity index (χ0v) is 11.3. The van der Waals surface area contributed by atoms with Crippen LogP contribution in [0.4, 0.5) is 0 Å². The van der Waals surface area contributed by atoms with Gasteiger partial charge in [-0.1, -0.05) is 69.7 Å². The van der Waals surface area contributed by atoms with Crippen LogP contribution in [-0.4, -0.2) is 0 Å². The van der Waals surface area contributed by atoms with Crippen molar-refractivity contribution in [2.45, 2.75) is 40.0 Å². The van der Waals surface area contributed by atoms with Crippen LogP contribution in [0.2, 0.25) is 0 Å². The minimum absolute atomic E-state index is 0.593. The van der Waals surface area contributed by atoms with E-state index < -0.39 is 0 Å². The minimum atomic E-state index is 0.593. The van der Waals surface area contributed by atoms with Crippen LogP contribution in [0.1, 0.15) is 51.2 Å². The van der Waals surface area contributed by atoms with Gasteiger partial charge in [0.05, 0.1) is 0 Å². The van der Waals surface area contributed by atoms with Gasteiger partial charge < -0.3 is 0 Å². The van der Waals surface area contributed by atoms with Crippen molar-refractivity contribution in [3.63, 3.8) is 0 Å². The molecule has 1 aliphatic carbocycles. The van der Waals surface area contributed by atoms with E-state index in [1.54, 1.807) is 5.57 Å². The molecule has 0 unspecified atom stereocenters. The van der Waals surface area contributed by atoms with Crippen molar-refractivity contribution in [2.75, 3.05) is 0 Å². The molecule has 1 aromatic carbocycles. The van der Waals surface area contributed by atoms with Crippen molar-refractivity contribution < 1.29 is 0 Å². The fourth-order valence-corrected chi connectivity index (χ4v) is 2.42. The molecule has 0 amide bonds. The summed E-state index contributed by atoms with van der Waals surface area (Å²) < 4.78 is 0. The molecule has 0 saturated heterocycles. The molecule has 0 atom stereocenters. The highest BCUT2D eigenvalue weighted by Crippen LogP contribution is 2.35. The van der Waals surface area contributed by atoms with Crippen LogP contribution >= 0.6 is 0 Å². The fourth-order valence-electron chi connectivity index (χ4n) is 2.42. The van der Waals surface area contributed by atoms with Gasteiger partial charge in [-0.3, -0.25) is 0 Å². The smallest absolute Gasteiger partial charge is 0.00554 e. The SMILES string of the molecule is CC(C)C1=CC=C(c2ccccc2C(C)C)C1. The monoisotopic (exact) mass is 226 g/mol. The third-order valence-corrected chi connectivity index (χ3v) is 3.56. The maximum absolute atomic E-state index is 2.30. The molecule has 0 N–H and O–H groups in total. The van der Waals surface area contributed by atoms with Gasteiger partial charge >= 0.3 is 0 Å². The second-order valence-corrected chi connectivity index (χ2v) is 5.51. The van der Waals surface area contributed by atoms with E-state index in [-0.39, 0.29) is 0 Å². The molecule has 2 rings (SSSR count). The molecular formula is C17H22. The first-order valence-corrected chi connectivity index (χ1v) is 6.58. The van der Waals surface area contributed by atoms with Crippen molar-refractivity contribution in [1.29, 1.82) is 0 Å². The first-order chi connectivity index (χ1) is 8.09. The number of benzene rings is 1. The van der Waals surface area contributed by atoms with Gasteiger partial charge in [-0.15, -0.1) is 0 Å². The van der Waals surface area contributed by atoms with Crippen LogP contribution in [0.15, 0.2) is 42.0 Å². The highest BCUT2D eigenvalue weighted by atomic mass is 14.2. The first-order valence-electron chi connectivity index (χ1n) is 6.58. The molecule has 0 heteroatoms. The highest BCUT2D eigenvalue weighted by Gasteiger charge is 2.16. The molecule has 0 bridgehead atoms. The van der Waals surface area contributed by atoms with Crippen molar-refractivity contribution >= 4 is 5.57 Å². The lowest BCUT2D eigenvalue weighted by molar-refractivity contribution is 0.755. The summed E-state index contributed by atoms with van der Waals surface area (Å²) in [5.41, 5.74) is 5.95. The molecule has 0 radical (unpaired) electrons. The van der Waals surface area contributed by atoms with Gasteiger partial charge in [0.25, 0.3) is 0 Å². The van der Waals surface area contributed by atoms with E-state index in [1.165, 1.54) is 16.7 Å². The average molecular weight is 226 g/mol. The molecule has 0 saturated carbocycles. The Bertz CT molecular complexity index is 459. The molecule has 17 heavy (non-hydrogen) atoms. The minimum Gasteiger partial charge on any atom is -0.0632 e. The van der Waals surface area contributed by atoms with E-state index >= 15 is 0 Å². The molecule has 0 heterocycles.